The molecule has 184 valence electrons. The van der Waals surface area contributed by atoms with E-state index >= 15 is 0 Å². The Balaban J connectivity index is 1.95. The largest absolute Gasteiger partial charge is 0.490 e. The number of rotatable bonds is 11. The number of imide groups is 1. The minimum absolute atomic E-state index is 0.0101. The minimum atomic E-state index is -0.448. The number of carbonyl (C=O) groups excluding carboxylic acids is 2. The predicted octanol–water partition coefficient (Wildman–Crippen LogP) is 6.14. The fraction of sp³-hybridized carbons (Fsp3) is 0.308. The van der Waals surface area contributed by atoms with Gasteiger partial charge in [0.15, 0.2) is 11.5 Å². The number of carbonyl (C=O) groups is 2. The number of allylic oxidation sites excluding steroid dienone is 1. The fourth-order valence-electron chi connectivity index (χ4n) is 3.61. The summed E-state index contributed by atoms with van der Waals surface area (Å²) in [5.41, 5.74) is 2.12. The SMILES string of the molecule is C=CCc1cc(/C=C2/SC(=O)N([C@@H](C)CC)C2=O)cc(OCC)c1OCc1cccc([N+](=O)[O-])c1. The third kappa shape index (κ3) is 6.10. The molecule has 0 spiro atoms. The molecule has 1 saturated heterocycles. The number of hydrogen-bond donors (Lipinski definition) is 0. The second kappa shape index (κ2) is 11.7. The van der Waals surface area contributed by atoms with Gasteiger partial charge in [0.2, 0.25) is 0 Å². The molecule has 0 bridgehead atoms. The van der Waals surface area contributed by atoms with Crippen molar-refractivity contribution in [1.82, 2.24) is 4.90 Å². The highest BCUT2D eigenvalue weighted by Gasteiger charge is 2.37. The van der Waals surface area contributed by atoms with Gasteiger partial charge in [-0.2, -0.15) is 0 Å². The average Bonchev–Trinajstić information content (AvgIpc) is 3.11. The summed E-state index contributed by atoms with van der Waals surface area (Å²) in [6.45, 7) is 9.94. The summed E-state index contributed by atoms with van der Waals surface area (Å²) in [5, 5.41) is 10.8. The van der Waals surface area contributed by atoms with Gasteiger partial charge in [-0.25, -0.2) is 0 Å². The van der Waals surface area contributed by atoms with Crippen LogP contribution in [0.25, 0.3) is 6.08 Å². The molecule has 1 aliphatic heterocycles. The highest BCUT2D eigenvalue weighted by atomic mass is 32.2. The van der Waals surface area contributed by atoms with Crippen molar-refractivity contribution < 1.29 is 24.0 Å². The summed E-state index contributed by atoms with van der Waals surface area (Å²) >= 11 is 0.925. The van der Waals surface area contributed by atoms with Crippen LogP contribution in [0, 0.1) is 10.1 Å². The van der Waals surface area contributed by atoms with E-state index < -0.39 is 4.92 Å². The van der Waals surface area contributed by atoms with Crippen LogP contribution in [0.1, 0.15) is 43.9 Å². The Labute approximate surface area is 208 Å². The van der Waals surface area contributed by atoms with Gasteiger partial charge >= 0.3 is 0 Å². The Bertz CT molecular complexity index is 1180. The summed E-state index contributed by atoms with van der Waals surface area (Å²) in [5.74, 6) is 0.677. The number of nitro groups is 1. The zero-order valence-corrected chi connectivity index (χ0v) is 20.8. The first-order chi connectivity index (χ1) is 16.8. The molecule has 35 heavy (non-hydrogen) atoms. The lowest BCUT2D eigenvalue weighted by Crippen LogP contribution is -2.36. The highest BCUT2D eigenvalue weighted by molar-refractivity contribution is 8.18. The Morgan fingerprint density at radius 2 is 1.97 bits per heavy atom. The monoisotopic (exact) mass is 496 g/mol. The van der Waals surface area contributed by atoms with E-state index in [4.69, 9.17) is 9.47 Å². The van der Waals surface area contributed by atoms with Crippen molar-refractivity contribution in [2.75, 3.05) is 6.61 Å². The van der Waals surface area contributed by atoms with Crippen molar-refractivity contribution in [1.29, 1.82) is 0 Å². The molecule has 0 unspecified atom stereocenters. The minimum Gasteiger partial charge on any atom is -0.490 e. The Kier molecular flexibility index (Phi) is 8.70. The summed E-state index contributed by atoms with van der Waals surface area (Å²) in [6, 6.07) is 9.71. The molecule has 2 amide bonds. The van der Waals surface area contributed by atoms with E-state index in [0.29, 0.717) is 47.0 Å². The van der Waals surface area contributed by atoms with Gasteiger partial charge in [-0.3, -0.25) is 24.6 Å². The Morgan fingerprint density at radius 1 is 1.20 bits per heavy atom. The van der Waals surface area contributed by atoms with E-state index in [-0.39, 0.29) is 29.5 Å². The second-order valence-corrected chi connectivity index (χ2v) is 8.95. The molecule has 9 heteroatoms. The van der Waals surface area contributed by atoms with Crippen LogP contribution in [-0.2, 0) is 17.8 Å². The van der Waals surface area contributed by atoms with Crippen LogP contribution >= 0.6 is 11.8 Å². The molecule has 0 aromatic heterocycles. The van der Waals surface area contributed by atoms with Crippen LogP contribution in [0.5, 0.6) is 11.5 Å². The molecule has 1 heterocycles. The Hall–Kier alpha value is -3.59. The number of amides is 2. The number of nitrogens with zero attached hydrogens (tertiary/aromatic N) is 2. The Morgan fingerprint density at radius 3 is 2.63 bits per heavy atom. The van der Waals surface area contributed by atoms with Crippen LogP contribution in [0.4, 0.5) is 10.5 Å². The van der Waals surface area contributed by atoms with Gasteiger partial charge in [0.25, 0.3) is 16.8 Å². The van der Waals surface area contributed by atoms with Crippen LogP contribution in [-0.4, -0.2) is 33.6 Å². The molecular weight excluding hydrogens is 468 g/mol. The number of nitro benzene ring substituents is 1. The van der Waals surface area contributed by atoms with Gasteiger partial charge < -0.3 is 9.47 Å². The number of benzene rings is 2. The van der Waals surface area contributed by atoms with Crippen LogP contribution in [0.15, 0.2) is 54.0 Å². The molecule has 1 atom stereocenters. The lowest BCUT2D eigenvalue weighted by atomic mass is 10.0. The first-order valence-electron chi connectivity index (χ1n) is 11.3. The van der Waals surface area contributed by atoms with Gasteiger partial charge in [-0.05, 0) is 67.8 Å². The lowest BCUT2D eigenvalue weighted by Gasteiger charge is -2.19. The lowest BCUT2D eigenvalue weighted by molar-refractivity contribution is -0.384. The second-order valence-electron chi connectivity index (χ2n) is 7.96. The standard InChI is InChI=1S/C26H28N2O6S/c1-5-9-20-12-19(15-23-25(29)27(17(4)6-2)26(30)35-23)14-22(33-7-3)24(20)34-16-18-10-8-11-21(13-18)28(31)32/h5,8,10-15,17H,1,6-7,9,16H2,2-4H3/b23-15+/t17-/m0/s1. The summed E-state index contributed by atoms with van der Waals surface area (Å²) in [7, 11) is 0. The first kappa shape index (κ1) is 26.0. The van der Waals surface area contributed by atoms with Crippen molar-refractivity contribution in [2.45, 2.75) is 46.3 Å². The zero-order chi connectivity index (χ0) is 25.5. The molecule has 8 nitrogen and oxygen atoms in total. The van der Waals surface area contributed by atoms with Crippen molar-refractivity contribution in [2.24, 2.45) is 0 Å². The zero-order valence-electron chi connectivity index (χ0n) is 20.0. The highest BCUT2D eigenvalue weighted by Crippen LogP contribution is 2.38. The maximum Gasteiger partial charge on any atom is 0.293 e. The quantitative estimate of drug-likeness (QED) is 0.160. The first-order valence-corrected chi connectivity index (χ1v) is 12.1. The fourth-order valence-corrected chi connectivity index (χ4v) is 4.54. The number of non-ortho nitro benzene ring substituents is 1. The molecular formula is C26H28N2O6S. The van der Waals surface area contributed by atoms with Gasteiger partial charge in [0.1, 0.15) is 6.61 Å². The topological polar surface area (TPSA) is 99.0 Å². The van der Waals surface area contributed by atoms with Crippen LogP contribution in [0.2, 0.25) is 0 Å². The number of thioether (sulfide) groups is 1. The van der Waals surface area contributed by atoms with Crippen molar-refractivity contribution in [3.8, 4) is 11.5 Å². The average molecular weight is 497 g/mol. The normalized spacial score (nSPS) is 15.4. The molecule has 1 aliphatic rings. The van der Waals surface area contributed by atoms with E-state index in [1.807, 2.05) is 26.8 Å². The van der Waals surface area contributed by atoms with E-state index in [9.17, 15) is 19.7 Å². The van der Waals surface area contributed by atoms with Crippen molar-refractivity contribution in [3.05, 3.63) is 80.8 Å². The predicted molar refractivity (Wildman–Crippen MR) is 137 cm³/mol. The summed E-state index contributed by atoms with van der Waals surface area (Å²) < 4.78 is 11.9. The molecule has 0 saturated carbocycles. The summed E-state index contributed by atoms with van der Waals surface area (Å²) in [4.78, 5) is 37.5. The molecule has 0 radical (unpaired) electrons. The van der Waals surface area contributed by atoms with Crippen molar-refractivity contribution in [3.63, 3.8) is 0 Å². The van der Waals surface area contributed by atoms with Gasteiger partial charge in [0.05, 0.1) is 16.4 Å². The van der Waals surface area contributed by atoms with Crippen LogP contribution in [0.3, 0.4) is 0 Å². The van der Waals surface area contributed by atoms with E-state index in [1.54, 1.807) is 30.4 Å². The smallest absolute Gasteiger partial charge is 0.293 e. The van der Waals surface area contributed by atoms with Gasteiger partial charge in [0, 0.05) is 23.7 Å². The molecule has 2 aromatic rings. The van der Waals surface area contributed by atoms with E-state index in [1.165, 1.54) is 17.0 Å². The van der Waals surface area contributed by atoms with E-state index in [2.05, 4.69) is 6.58 Å². The maximum absolute atomic E-state index is 12.8. The molecule has 3 rings (SSSR count). The van der Waals surface area contributed by atoms with Gasteiger partial charge in [-0.1, -0.05) is 25.1 Å². The maximum atomic E-state index is 12.8. The molecule has 2 aromatic carbocycles. The molecule has 1 fully saturated rings. The number of ether oxygens (including phenoxy) is 2. The van der Waals surface area contributed by atoms with Crippen molar-refractivity contribution >= 4 is 34.7 Å². The molecule has 0 aliphatic carbocycles. The van der Waals surface area contributed by atoms with Crippen LogP contribution < -0.4 is 9.47 Å². The third-order valence-corrected chi connectivity index (χ3v) is 6.36. The third-order valence-electron chi connectivity index (χ3n) is 5.48. The van der Waals surface area contributed by atoms with E-state index in [0.717, 1.165) is 17.3 Å². The number of hydrogen-bond acceptors (Lipinski definition) is 7. The molecule has 0 N–H and O–H groups in total. The summed E-state index contributed by atoms with van der Waals surface area (Å²) in [6.07, 6.45) is 4.57. The van der Waals surface area contributed by atoms with Gasteiger partial charge in [-0.15, -0.1) is 6.58 Å².